The molecule has 0 bridgehead atoms. The lowest BCUT2D eigenvalue weighted by Gasteiger charge is -2.12. The molecule has 0 aromatic rings. The highest BCUT2D eigenvalue weighted by atomic mass is 14.2. The van der Waals surface area contributed by atoms with Gasteiger partial charge in [0, 0.05) is 0 Å². The van der Waals surface area contributed by atoms with Crippen LogP contribution in [0, 0.1) is 5.92 Å². The highest BCUT2D eigenvalue weighted by Gasteiger charge is 2.17. The summed E-state index contributed by atoms with van der Waals surface area (Å²) in [6.45, 7) is 6.64. The molecule has 0 atom stereocenters. The second-order valence-electron chi connectivity index (χ2n) is 8.69. The van der Waals surface area contributed by atoms with Gasteiger partial charge in [0.05, 0.1) is 0 Å². The third-order valence-corrected chi connectivity index (χ3v) is 6.28. The first kappa shape index (κ1) is 22.8. The van der Waals surface area contributed by atoms with Crippen LogP contribution in [0.1, 0.15) is 142 Å². The van der Waals surface area contributed by atoms with E-state index >= 15 is 0 Å². The van der Waals surface area contributed by atoms with Crippen molar-refractivity contribution in [3.05, 3.63) is 12.2 Å². The van der Waals surface area contributed by atoms with E-state index in [1.807, 2.05) is 0 Å². The molecule has 0 saturated heterocycles. The van der Waals surface area contributed by atoms with E-state index in [9.17, 15) is 0 Å². The van der Waals surface area contributed by atoms with E-state index in [1.165, 1.54) is 135 Å². The molecule has 1 aliphatic carbocycles. The summed E-state index contributed by atoms with van der Waals surface area (Å²) in [4.78, 5) is 0. The molecule has 0 aromatic heterocycles. The Balaban J connectivity index is 1.70. The van der Waals surface area contributed by atoms with E-state index in [1.54, 1.807) is 5.57 Å². The monoisotopic (exact) mass is 348 g/mol. The molecule has 0 heterocycles. The number of hydrogen-bond donors (Lipinski definition) is 0. The molecule has 0 N–H and O–H groups in total. The summed E-state index contributed by atoms with van der Waals surface area (Å²) in [6, 6.07) is 0. The second kappa shape index (κ2) is 17.2. The number of unbranched alkanes of at least 4 members (excludes halogenated alkanes) is 15. The SMILES string of the molecule is C=C(CCCCCCCCCCCCCCCCCC)C1CCCC1. The van der Waals surface area contributed by atoms with Gasteiger partial charge in [0.15, 0.2) is 0 Å². The maximum absolute atomic E-state index is 4.34. The fourth-order valence-electron chi connectivity index (χ4n) is 4.44. The molecule has 1 fully saturated rings. The van der Waals surface area contributed by atoms with Gasteiger partial charge >= 0.3 is 0 Å². The van der Waals surface area contributed by atoms with Crippen LogP contribution in [0.4, 0.5) is 0 Å². The van der Waals surface area contributed by atoms with Crippen LogP contribution >= 0.6 is 0 Å². The summed E-state index contributed by atoms with van der Waals surface area (Å²) in [5.41, 5.74) is 1.57. The summed E-state index contributed by atoms with van der Waals surface area (Å²) in [5.74, 6) is 0.886. The Bertz CT molecular complexity index is 284. The van der Waals surface area contributed by atoms with E-state index in [0.717, 1.165) is 5.92 Å². The Morgan fingerprint density at radius 1 is 0.600 bits per heavy atom. The first-order valence-electron chi connectivity index (χ1n) is 12.0. The highest BCUT2D eigenvalue weighted by molar-refractivity contribution is 5.02. The molecule has 0 unspecified atom stereocenters. The van der Waals surface area contributed by atoms with Crippen LogP contribution in [-0.4, -0.2) is 0 Å². The van der Waals surface area contributed by atoms with Gasteiger partial charge in [0.1, 0.15) is 0 Å². The largest absolute Gasteiger partial charge is 0.0996 e. The van der Waals surface area contributed by atoms with Crippen LogP contribution in [0.2, 0.25) is 0 Å². The van der Waals surface area contributed by atoms with Crippen LogP contribution in [0.15, 0.2) is 12.2 Å². The standard InChI is InChI=1S/C25H48/c1-3-4-5-6-7-8-9-10-11-12-13-14-15-16-17-18-21-24(2)25-22-19-20-23-25/h25H,2-23H2,1H3. The van der Waals surface area contributed by atoms with Crippen molar-refractivity contribution in [2.45, 2.75) is 142 Å². The molecule has 1 saturated carbocycles. The lowest BCUT2D eigenvalue weighted by Crippen LogP contribution is -1.97. The lowest BCUT2D eigenvalue weighted by atomic mass is 9.94. The maximum Gasteiger partial charge on any atom is -0.0206 e. The Kier molecular flexibility index (Phi) is 15.6. The maximum atomic E-state index is 4.34. The molecular formula is C25H48. The van der Waals surface area contributed by atoms with Gasteiger partial charge in [-0.25, -0.2) is 0 Å². The summed E-state index contributed by atoms with van der Waals surface area (Å²) in [7, 11) is 0. The topological polar surface area (TPSA) is 0 Å². The Hall–Kier alpha value is -0.260. The third-order valence-electron chi connectivity index (χ3n) is 6.28. The van der Waals surface area contributed by atoms with Gasteiger partial charge in [-0.2, -0.15) is 0 Å². The van der Waals surface area contributed by atoms with Gasteiger partial charge in [-0.3, -0.25) is 0 Å². The lowest BCUT2D eigenvalue weighted by molar-refractivity contribution is 0.525. The molecule has 0 heteroatoms. The van der Waals surface area contributed by atoms with Gasteiger partial charge in [-0.05, 0) is 31.6 Å². The third kappa shape index (κ3) is 13.6. The molecule has 0 aromatic carbocycles. The van der Waals surface area contributed by atoms with Crippen molar-refractivity contribution in [2.75, 3.05) is 0 Å². The molecule has 0 spiro atoms. The molecule has 1 aliphatic rings. The Morgan fingerprint density at radius 3 is 1.36 bits per heavy atom. The number of hydrogen-bond acceptors (Lipinski definition) is 0. The molecular weight excluding hydrogens is 300 g/mol. The quantitative estimate of drug-likeness (QED) is 0.171. The number of allylic oxidation sites excluding steroid dienone is 1. The minimum atomic E-state index is 0.886. The van der Waals surface area contributed by atoms with E-state index in [0.29, 0.717) is 0 Å². The van der Waals surface area contributed by atoms with E-state index in [2.05, 4.69) is 13.5 Å². The second-order valence-corrected chi connectivity index (χ2v) is 8.69. The van der Waals surface area contributed by atoms with Crippen LogP contribution in [0.3, 0.4) is 0 Å². The molecule has 0 aliphatic heterocycles. The van der Waals surface area contributed by atoms with Crippen molar-refractivity contribution in [2.24, 2.45) is 5.92 Å². The molecule has 0 nitrogen and oxygen atoms in total. The first-order valence-corrected chi connectivity index (χ1v) is 12.0. The zero-order chi connectivity index (χ0) is 18.0. The smallest absolute Gasteiger partial charge is 0.0206 e. The van der Waals surface area contributed by atoms with E-state index < -0.39 is 0 Å². The minimum absolute atomic E-state index is 0.886. The van der Waals surface area contributed by atoms with Crippen LogP contribution < -0.4 is 0 Å². The van der Waals surface area contributed by atoms with Crippen molar-refractivity contribution in [3.63, 3.8) is 0 Å². The molecule has 25 heavy (non-hydrogen) atoms. The molecule has 1 rings (SSSR count). The van der Waals surface area contributed by atoms with Gasteiger partial charge in [-0.1, -0.05) is 128 Å². The van der Waals surface area contributed by atoms with Crippen LogP contribution in [0.5, 0.6) is 0 Å². The first-order chi connectivity index (χ1) is 12.3. The summed E-state index contributed by atoms with van der Waals surface area (Å²) >= 11 is 0. The van der Waals surface area contributed by atoms with Gasteiger partial charge in [0.2, 0.25) is 0 Å². The Labute approximate surface area is 160 Å². The molecule has 0 amide bonds. The van der Waals surface area contributed by atoms with Crippen molar-refractivity contribution in [1.82, 2.24) is 0 Å². The molecule has 0 radical (unpaired) electrons. The van der Waals surface area contributed by atoms with Gasteiger partial charge in [0.25, 0.3) is 0 Å². The zero-order valence-electron chi connectivity index (χ0n) is 17.6. The van der Waals surface area contributed by atoms with E-state index in [-0.39, 0.29) is 0 Å². The zero-order valence-corrected chi connectivity index (χ0v) is 17.6. The normalized spacial score (nSPS) is 15.1. The molecule has 148 valence electrons. The fourth-order valence-corrected chi connectivity index (χ4v) is 4.44. The van der Waals surface area contributed by atoms with Crippen LogP contribution in [0.25, 0.3) is 0 Å². The van der Waals surface area contributed by atoms with Crippen molar-refractivity contribution >= 4 is 0 Å². The predicted molar refractivity (Wildman–Crippen MR) is 115 cm³/mol. The van der Waals surface area contributed by atoms with Crippen molar-refractivity contribution in [3.8, 4) is 0 Å². The minimum Gasteiger partial charge on any atom is -0.0996 e. The van der Waals surface area contributed by atoms with Crippen LogP contribution in [-0.2, 0) is 0 Å². The fraction of sp³-hybridized carbons (Fsp3) is 0.920. The van der Waals surface area contributed by atoms with Gasteiger partial charge < -0.3 is 0 Å². The van der Waals surface area contributed by atoms with Gasteiger partial charge in [-0.15, -0.1) is 0 Å². The number of rotatable bonds is 18. The highest BCUT2D eigenvalue weighted by Crippen LogP contribution is 2.32. The van der Waals surface area contributed by atoms with E-state index in [4.69, 9.17) is 0 Å². The van der Waals surface area contributed by atoms with Crippen molar-refractivity contribution in [1.29, 1.82) is 0 Å². The predicted octanol–water partition coefficient (Wildman–Crippen LogP) is 9.38. The summed E-state index contributed by atoms with van der Waals surface area (Å²) in [6.07, 6.45) is 30.4. The summed E-state index contributed by atoms with van der Waals surface area (Å²) in [5, 5.41) is 0. The summed E-state index contributed by atoms with van der Waals surface area (Å²) < 4.78 is 0. The average Bonchev–Trinajstić information content (AvgIpc) is 3.16. The van der Waals surface area contributed by atoms with Crippen molar-refractivity contribution < 1.29 is 0 Å². The average molecular weight is 349 g/mol. The Morgan fingerprint density at radius 2 is 0.960 bits per heavy atom.